The average Bonchev–Trinajstić information content (AvgIpc) is 2.66. The van der Waals surface area contributed by atoms with Crippen LogP contribution < -0.4 is 10.6 Å². The van der Waals surface area contributed by atoms with Gasteiger partial charge in [0.1, 0.15) is 5.25 Å². The highest BCUT2D eigenvalue weighted by Gasteiger charge is 2.21. The van der Waals surface area contributed by atoms with Crippen LogP contribution in [0.15, 0.2) is 65.6 Å². The second kappa shape index (κ2) is 10.6. The van der Waals surface area contributed by atoms with Gasteiger partial charge in [-0.05, 0) is 24.1 Å². The lowest BCUT2D eigenvalue weighted by molar-refractivity contribution is -0.122. The molecule has 5 heteroatoms. The van der Waals surface area contributed by atoms with Crippen LogP contribution in [0.4, 0.5) is 0 Å². The average molecular weight is 356 g/mol. The van der Waals surface area contributed by atoms with Crippen LogP contribution in [0, 0.1) is 0 Å². The third-order valence-electron chi connectivity index (χ3n) is 3.56. The van der Waals surface area contributed by atoms with Crippen LogP contribution in [0.2, 0.25) is 0 Å². The van der Waals surface area contributed by atoms with Gasteiger partial charge in [0.15, 0.2) is 0 Å². The molecule has 0 spiro atoms. The van der Waals surface area contributed by atoms with E-state index in [0.717, 1.165) is 16.9 Å². The van der Waals surface area contributed by atoms with Gasteiger partial charge in [-0.3, -0.25) is 9.59 Å². The fourth-order valence-electron chi connectivity index (χ4n) is 2.28. The first-order valence-corrected chi connectivity index (χ1v) is 9.39. The van der Waals surface area contributed by atoms with Gasteiger partial charge in [0, 0.05) is 24.4 Å². The summed E-state index contributed by atoms with van der Waals surface area (Å²) < 4.78 is 0. The van der Waals surface area contributed by atoms with Crippen molar-refractivity contribution in [3.05, 3.63) is 66.2 Å². The van der Waals surface area contributed by atoms with Gasteiger partial charge in [0.2, 0.25) is 11.8 Å². The number of nitrogens with one attached hydrogen (secondary N) is 2. The van der Waals surface area contributed by atoms with Crippen molar-refractivity contribution in [2.24, 2.45) is 0 Å². The second-order valence-corrected chi connectivity index (χ2v) is 6.79. The van der Waals surface area contributed by atoms with Gasteiger partial charge in [-0.2, -0.15) is 0 Å². The first kappa shape index (κ1) is 19.1. The molecule has 2 amide bonds. The Balaban J connectivity index is 1.97. The van der Waals surface area contributed by atoms with Crippen molar-refractivity contribution in [3.63, 3.8) is 0 Å². The molecule has 0 aliphatic carbocycles. The lowest BCUT2D eigenvalue weighted by atomic mass is 10.1. The Morgan fingerprint density at radius 1 is 0.920 bits per heavy atom. The number of thioether (sulfide) groups is 1. The van der Waals surface area contributed by atoms with Gasteiger partial charge in [-0.25, -0.2) is 0 Å². The highest BCUT2D eigenvalue weighted by atomic mass is 32.2. The van der Waals surface area contributed by atoms with E-state index in [1.54, 1.807) is 0 Å². The lowest BCUT2D eigenvalue weighted by Crippen LogP contribution is -2.33. The highest BCUT2D eigenvalue weighted by molar-refractivity contribution is 8.00. The maximum Gasteiger partial charge on any atom is 0.238 e. The standard InChI is InChI=1S/C20H24N2O2S/c1-2-14-21-18(23)13-15-22-20(24)19(16-9-5-3-6-10-16)25-17-11-7-4-8-12-17/h3-12,19H,2,13-15H2,1H3,(H,21,23)(H,22,24). The largest absolute Gasteiger partial charge is 0.356 e. The molecule has 0 bridgehead atoms. The Bertz CT molecular complexity index is 662. The van der Waals surface area contributed by atoms with E-state index in [4.69, 9.17) is 0 Å². The summed E-state index contributed by atoms with van der Waals surface area (Å²) in [6.07, 6.45) is 1.20. The molecule has 132 valence electrons. The van der Waals surface area contributed by atoms with E-state index in [9.17, 15) is 9.59 Å². The minimum Gasteiger partial charge on any atom is -0.356 e. The van der Waals surface area contributed by atoms with Crippen LogP contribution in [0.5, 0.6) is 0 Å². The van der Waals surface area contributed by atoms with Crippen LogP contribution >= 0.6 is 11.8 Å². The molecule has 0 radical (unpaired) electrons. The van der Waals surface area contributed by atoms with Gasteiger partial charge in [-0.1, -0.05) is 55.5 Å². The number of carbonyl (C=O) groups is 2. The van der Waals surface area contributed by atoms with Gasteiger partial charge in [0.25, 0.3) is 0 Å². The van der Waals surface area contributed by atoms with Gasteiger partial charge < -0.3 is 10.6 Å². The molecule has 1 unspecified atom stereocenters. The van der Waals surface area contributed by atoms with Crippen molar-refractivity contribution < 1.29 is 9.59 Å². The van der Waals surface area contributed by atoms with Crippen molar-refractivity contribution in [1.29, 1.82) is 0 Å². The molecule has 0 aliphatic rings. The summed E-state index contributed by atoms with van der Waals surface area (Å²) in [5, 5.41) is 5.35. The molecule has 0 heterocycles. The van der Waals surface area contributed by atoms with E-state index in [2.05, 4.69) is 10.6 Å². The molecule has 2 N–H and O–H groups in total. The molecular weight excluding hydrogens is 332 g/mol. The summed E-state index contributed by atoms with van der Waals surface area (Å²) in [6.45, 7) is 3.02. The van der Waals surface area contributed by atoms with Crippen LogP contribution in [0.3, 0.4) is 0 Å². The van der Waals surface area contributed by atoms with Crippen molar-refractivity contribution >= 4 is 23.6 Å². The number of hydrogen-bond donors (Lipinski definition) is 2. The van der Waals surface area contributed by atoms with Crippen LogP contribution in [0.1, 0.15) is 30.6 Å². The molecule has 0 saturated carbocycles. The molecular formula is C20H24N2O2S. The maximum absolute atomic E-state index is 12.7. The summed E-state index contributed by atoms with van der Waals surface area (Å²) in [6, 6.07) is 19.6. The Morgan fingerprint density at radius 3 is 2.20 bits per heavy atom. The van der Waals surface area contributed by atoms with E-state index < -0.39 is 0 Å². The normalized spacial score (nSPS) is 11.6. The monoisotopic (exact) mass is 356 g/mol. The van der Waals surface area contributed by atoms with E-state index in [0.29, 0.717) is 19.5 Å². The quantitative estimate of drug-likeness (QED) is 0.676. The van der Waals surface area contributed by atoms with E-state index >= 15 is 0 Å². The topological polar surface area (TPSA) is 58.2 Å². The number of carbonyl (C=O) groups excluding carboxylic acids is 2. The molecule has 2 aromatic rings. The molecule has 25 heavy (non-hydrogen) atoms. The lowest BCUT2D eigenvalue weighted by Gasteiger charge is -2.17. The molecule has 2 aromatic carbocycles. The summed E-state index contributed by atoms with van der Waals surface area (Å²) in [5.74, 6) is -0.113. The number of hydrogen-bond acceptors (Lipinski definition) is 3. The Kier molecular flexibility index (Phi) is 8.05. The van der Waals surface area contributed by atoms with Crippen molar-refractivity contribution in [3.8, 4) is 0 Å². The first-order chi connectivity index (χ1) is 12.2. The fraction of sp³-hybridized carbons (Fsp3) is 0.300. The molecule has 2 rings (SSSR count). The molecule has 0 fully saturated rings. The zero-order valence-electron chi connectivity index (χ0n) is 14.4. The van der Waals surface area contributed by atoms with Crippen LogP contribution in [0.25, 0.3) is 0 Å². The minimum absolute atomic E-state index is 0.0332. The Hall–Kier alpha value is -2.27. The number of benzene rings is 2. The third-order valence-corrected chi connectivity index (χ3v) is 4.83. The van der Waals surface area contributed by atoms with Gasteiger partial charge in [0.05, 0.1) is 0 Å². The van der Waals surface area contributed by atoms with Crippen LogP contribution in [-0.4, -0.2) is 24.9 Å². The summed E-state index contributed by atoms with van der Waals surface area (Å²) in [5.41, 5.74) is 0.948. The fourth-order valence-corrected chi connectivity index (χ4v) is 3.35. The number of rotatable bonds is 9. The first-order valence-electron chi connectivity index (χ1n) is 8.51. The maximum atomic E-state index is 12.7. The molecule has 0 aliphatic heterocycles. The van der Waals surface area contributed by atoms with Crippen molar-refractivity contribution in [2.75, 3.05) is 13.1 Å². The minimum atomic E-state index is -0.345. The molecule has 0 saturated heterocycles. The predicted octanol–water partition coefficient (Wildman–Crippen LogP) is 3.55. The molecule has 1 atom stereocenters. The van der Waals surface area contributed by atoms with Gasteiger partial charge >= 0.3 is 0 Å². The Morgan fingerprint density at radius 2 is 1.56 bits per heavy atom. The highest BCUT2D eigenvalue weighted by Crippen LogP contribution is 2.35. The zero-order chi connectivity index (χ0) is 17.9. The van der Waals surface area contributed by atoms with E-state index in [1.807, 2.05) is 67.6 Å². The van der Waals surface area contributed by atoms with Gasteiger partial charge in [-0.15, -0.1) is 11.8 Å². The zero-order valence-corrected chi connectivity index (χ0v) is 15.2. The molecule has 0 aromatic heterocycles. The summed E-state index contributed by atoms with van der Waals surface area (Å²) in [4.78, 5) is 25.4. The van der Waals surface area contributed by atoms with E-state index in [-0.39, 0.29) is 17.1 Å². The van der Waals surface area contributed by atoms with E-state index in [1.165, 1.54) is 11.8 Å². The second-order valence-electron chi connectivity index (χ2n) is 5.61. The van der Waals surface area contributed by atoms with Crippen molar-refractivity contribution in [2.45, 2.75) is 29.9 Å². The summed E-state index contributed by atoms with van der Waals surface area (Å²) in [7, 11) is 0. The molecule has 4 nitrogen and oxygen atoms in total. The third kappa shape index (κ3) is 6.63. The predicted molar refractivity (Wildman–Crippen MR) is 102 cm³/mol. The van der Waals surface area contributed by atoms with Crippen molar-refractivity contribution in [1.82, 2.24) is 10.6 Å². The smallest absolute Gasteiger partial charge is 0.238 e. The SMILES string of the molecule is CCCNC(=O)CCNC(=O)C(Sc1ccccc1)c1ccccc1. The van der Waals surface area contributed by atoms with Crippen LogP contribution in [-0.2, 0) is 9.59 Å². The summed E-state index contributed by atoms with van der Waals surface area (Å²) >= 11 is 1.51. The Labute approximate surface area is 153 Å². The number of amides is 2.